The highest BCUT2D eigenvalue weighted by atomic mass is 35.5. The van der Waals surface area contributed by atoms with Crippen molar-refractivity contribution in [2.45, 2.75) is 65.5 Å². The number of rotatable bonds is 4. The van der Waals surface area contributed by atoms with Crippen LogP contribution in [0.3, 0.4) is 0 Å². The van der Waals surface area contributed by atoms with E-state index in [1.54, 1.807) is 6.20 Å². The van der Waals surface area contributed by atoms with Crippen LogP contribution in [0.1, 0.15) is 70.4 Å². The van der Waals surface area contributed by atoms with E-state index in [1.165, 1.54) is 0 Å². The first-order valence-electron chi connectivity index (χ1n) is 8.11. The molecule has 1 amide bonds. The van der Waals surface area contributed by atoms with Crippen molar-refractivity contribution in [1.82, 2.24) is 25.6 Å². The molecule has 1 aromatic heterocycles. The van der Waals surface area contributed by atoms with Gasteiger partial charge in [-0.1, -0.05) is 26.0 Å². The predicted octanol–water partition coefficient (Wildman–Crippen LogP) is 2.57. The van der Waals surface area contributed by atoms with Crippen LogP contribution in [-0.2, 0) is 0 Å². The van der Waals surface area contributed by atoms with Crippen LogP contribution in [0.25, 0.3) is 0 Å². The molecule has 1 fully saturated rings. The van der Waals surface area contributed by atoms with Crippen LogP contribution in [-0.4, -0.2) is 39.5 Å². The van der Waals surface area contributed by atoms with Gasteiger partial charge in [0.2, 0.25) is 0 Å². The minimum atomic E-state index is -0.270. The predicted molar refractivity (Wildman–Crippen MR) is 94.0 cm³/mol. The molecule has 1 aromatic rings. The zero-order chi connectivity index (χ0) is 16.4. The summed E-state index contributed by atoms with van der Waals surface area (Å²) in [4.78, 5) is 12.4. The molecule has 2 rings (SSSR count). The first-order chi connectivity index (χ1) is 10.2. The molecule has 0 radical (unpaired) electrons. The van der Waals surface area contributed by atoms with Crippen molar-refractivity contribution >= 4 is 18.3 Å². The lowest BCUT2D eigenvalue weighted by Gasteiger charge is -2.33. The SMILES string of the molecule is CC(C)(C)CC(C)(C)NC(=O)c1cn(C2CCNCC2)nn1.Cl. The second kappa shape index (κ2) is 7.62. The maximum absolute atomic E-state index is 12.4. The van der Waals surface area contributed by atoms with Gasteiger partial charge in [-0.2, -0.15) is 0 Å². The number of aromatic nitrogens is 3. The molecule has 0 spiro atoms. The summed E-state index contributed by atoms with van der Waals surface area (Å²) in [5, 5.41) is 14.6. The fraction of sp³-hybridized carbons (Fsp3) is 0.812. The van der Waals surface area contributed by atoms with Crippen LogP contribution in [0.15, 0.2) is 6.20 Å². The minimum Gasteiger partial charge on any atom is -0.346 e. The Kier molecular flexibility index (Phi) is 6.59. The molecule has 2 heterocycles. The highest BCUT2D eigenvalue weighted by Crippen LogP contribution is 2.27. The van der Waals surface area contributed by atoms with Gasteiger partial charge in [-0.3, -0.25) is 4.79 Å². The molecular formula is C16H30ClN5O. The first kappa shape index (κ1) is 19.9. The Labute approximate surface area is 145 Å². The van der Waals surface area contributed by atoms with E-state index in [0.29, 0.717) is 11.7 Å². The summed E-state index contributed by atoms with van der Waals surface area (Å²) in [6.45, 7) is 12.6. The average Bonchev–Trinajstić information content (AvgIpc) is 2.85. The van der Waals surface area contributed by atoms with Crippen LogP contribution in [0.5, 0.6) is 0 Å². The molecule has 0 unspecified atom stereocenters. The molecule has 0 aliphatic carbocycles. The first-order valence-corrected chi connectivity index (χ1v) is 8.11. The summed E-state index contributed by atoms with van der Waals surface area (Å²) >= 11 is 0. The fourth-order valence-corrected chi connectivity index (χ4v) is 3.37. The van der Waals surface area contributed by atoms with Gasteiger partial charge in [-0.05, 0) is 51.6 Å². The summed E-state index contributed by atoms with van der Waals surface area (Å²) in [5.74, 6) is -0.144. The molecule has 0 atom stereocenters. The number of halogens is 1. The fourth-order valence-electron chi connectivity index (χ4n) is 3.37. The van der Waals surface area contributed by atoms with Gasteiger partial charge in [-0.15, -0.1) is 17.5 Å². The van der Waals surface area contributed by atoms with Crippen LogP contribution in [0.4, 0.5) is 0 Å². The normalized spacial score (nSPS) is 16.7. The zero-order valence-electron chi connectivity index (χ0n) is 14.8. The molecule has 1 aliphatic heterocycles. The quantitative estimate of drug-likeness (QED) is 0.881. The van der Waals surface area contributed by atoms with Gasteiger partial charge >= 0.3 is 0 Å². The van der Waals surface area contributed by atoms with Crippen molar-refractivity contribution in [3.63, 3.8) is 0 Å². The van der Waals surface area contributed by atoms with Gasteiger partial charge in [0.1, 0.15) is 0 Å². The van der Waals surface area contributed by atoms with Gasteiger partial charge in [0.05, 0.1) is 12.2 Å². The van der Waals surface area contributed by atoms with Crippen molar-refractivity contribution in [3.05, 3.63) is 11.9 Å². The Morgan fingerprint density at radius 3 is 2.48 bits per heavy atom. The highest BCUT2D eigenvalue weighted by Gasteiger charge is 2.28. The van der Waals surface area contributed by atoms with Gasteiger partial charge in [0.15, 0.2) is 5.69 Å². The Hall–Kier alpha value is -1.14. The number of nitrogens with one attached hydrogen (secondary N) is 2. The van der Waals surface area contributed by atoms with E-state index in [0.717, 1.165) is 32.4 Å². The second-order valence-corrected chi connectivity index (χ2v) is 8.14. The van der Waals surface area contributed by atoms with Crippen molar-refractivity contribution in [2.75, 3.05) is 13.1 Å². The molecule has 6 nitrogen and oxygen atoms in total. The van der Waals surface area contributed by atoms with E-state index in [4.69, 9.17) is 0 Å². The van der Waals surface area contributed by atoms with Crippen LogP contribution in [0, 0.1) is 5.41 Å². The monoisotopic (exact) mass is 343 g/mol. The Bertz CT molecular complexity index is 515. The van der Waals surface area contributed by atoms with Gasteiger partial charge in [0.25, 0.3) is 5.91 Å². The van der Waals surface area contributed by atoms with E-state index in [2.05, 4.69) is 41.7 Å². The Morgan fingerprint density at radius 1 is 1.30 bits per heavy atom. The topological polar surface area (TPSA) is 71.8 Å². The molecule has 0 saturated carbocycles. The van der Waals surface area contributed by atoms with Crippen molar-refractivity contribution < 1.29 is 4.79 Å². The van der Waals surface area contributed by atoms with Gasteiger partial charge < -0.3 is 10.6 Å². The standard InChI is InChI=1S/C16H29N5O.ClH/c1-15(2,3)11-16(4,5)18-14(22)13-10-21(20-19-13)12-6-8-17-9-7-12;/h10,12,17H,6-9,11H2,1-5H3,(H,18,22);1H. The third-order valence-corrected chi connectivity index (χ3v) is 3.85. The molecule has 0 aromatic carbocycles. The van der Waals surface area contributed by atoms with Gasteiger partial charge in [0, 0.05) is 5.54 Å². The lowest BCUT2D eigenvalue weighted by atomic mass is 9.82. The number of nitrogens with zero attached hydrogens (tertiary/aromatic N) is 3. The number of carbonyl (C=O) groups excluding carboxylic acids is 1. The highest BCUT2D eigenvalue weighted by molar-refractivity contribution is 5.92. The van der Waals surface area contributed by atoms with E-state index < -0.39 is 0 Å². The zero-order valence-corrected chi connectivity index (χ0v) is 15.7. The summed E-state index contributed by atoms with van der Waals surface area (Å²) in [6, 6.07) is 0.345. The van der Waals surface area contributed by atoms with Gasteiger partial charge in [-0.25, -0.2) is 4.68 Å². The molecule has 132 valence electrons. The maximum atomic E-state index is 12.4. The number of carbonyl (C=O) groups is 1. The lowest BCUT2D eigenvalue weighted by molar-refractivity contribution is 0.0886. The lowest BCUT2D eigenvalue weighted by Crippen LogP contribution is -2.45. The van der Waals surface area contributed by atoms with Crippen LogP contribution in [0.2, 0.25) is 0 Å². The number of piperidine rings is 1. The smallest absolute Gasteiger partial charge is 0.273 e. The van der Waals surface area contributed by atoms with Crippen LogP contribution < -0.4 is 10.6 Å². The van der Waals surface area contributed by atoms with Crippen molar-refractivity contribution in [2.24, 2.45) is 5.41 Å². The molecule has 0 bridgehead atoms. The molecule has 23 heavy (non-hydrogen) atoms. The minimum absolute atomic E-state index is 0. The average molecular weight is 344 g/mol. The molecule has 1 aliphatic rings. The summed E-state index contributed by atoms with van der Waals surface area (Å²) in [7, 11) is 0. The summed E-state index contributed by atoms with van der Waals surface area (Å²) in [6.07, 6.45) is 4.73. The summed E-state index contributed by atoms with van der Waals surface area (Å²) < 4.78 is 1.84. The van der Waals surface area contributed by atoms with E-state index in [9.17, 15) is 4.79 Å². The third-order valence-electron chi connectivity index (χ3n) is 3.85. The molecular weight excluding hydrogens is 314 g/mol. The Morgan fingerprint density at radius 2 is 1.91 bits per heavy atom. The van der Waals surface area contributed by atoms with Crippen molar-refractivity contribution in [1.29, 1.82) is 0 Å². The number of amides is 1. The largest absolute Gasteiger partial charge is 0.346 e. The van der Waals surface area contributed by atoms with Crippen LogP contribution >= 0.6 is 12.4 Å². The van der Waals surface area contributed by atoms with E-state index >= 15 is 0 Å². The maximum Gasteiger partial charge on any atom is 0.273 e. The Balaban J connectivity index is 0.00000264. The second-order valence-electron chi connectivity index (χ2n) is 8.14. The van der Waals surface area contributed by atoms with E-state index in [-0.39, 0.29) is 29.3 Å². The summed E-state index contributed by atoms with van der Waals surface area (Å²) in [5.41, 5.74) is 0.290. The third kappa shape index (κ3) is 6.11. The molecule has 7 heteroatoms. The molecule has 1 saturated heterocycles. The van der Waals surface area contributed by atoms with E-state index in [1.807, 2.05) is 18.5 Å². The molecule has 2 N–H and O–H groups in total. The van der Waals surface area contributed by atoms with Crippen molar-refractivity contribution in [3.8, 4) is 0 Å². The number of hydrogen-bond donors (Lipinski definition) is 2. The number of hydrogen-bond acceptors (Lipinski definition) is 4.